The summed E-state index contributed by atoms with van der Waals surface area (Å²) in [5, 5.41) is 14.6. The number of benzene rings is 2. The zero-order valence-corrected chi connectivity index (χ0v) is 16.5. The number of hydrogen-bond donors (Lipinski definition) is 2. The standard InChI is InChI=1S/C20H24N2O5S/c1-2-28(26,27)13-11-21-19(24)17-8-5-12-22(17)20(25)16-10-9-14-6-3-4-7-15(14)18(16)23/h3-4,6-7,9-10,17,23H,2,5,8,11-13H2,1H3,(H,21,24). The number of phenolic OH excluding ortho intramolecular Hbond substituents is 1. The molecule has 0 spiro atoms. The molecule has 0 aromatic heterocycles. The Hall–Kier alpha value is -2.61. The predicted molar refractivity (Wildman–Crippen MR) is 107 cm³/mol. The Balaban J connectivity index is 1.74. The Bertz CT molecular complexity index is 1000. The molecule has 7 nitrogen and oxygen atoms in total. The van der Waals surface area contributed by atoms with Crippen LogP contribution in [0.4, 0.5) is 0 Å². The average molecular weight is 404 g/mol. The number of nitrogens with zero attached hydrogens (tertiary/aromatic N) is 1. The molecule has 1 aliphatic rings. The van der Waals surface area contributed by atoms with Crippen LogP contribution in [-0.4, -0.2) is 60.9 Å². The first-order valence-corrected chi connectivity index (χ1v) is 11.2. The van der Waals surface area contributed by atoms with E-state index in [-0.39, 0.29) is 35.3 Å². The number of likely N-dealkylation sites (tertiary alicyclic amines) is 1. The summed E-state index contributed by atoms with van der Waals surface area (Å²) in [4.78, 5) is 26.9. The second-order valence-electron chi connectivity index (χ2n) is 6.87. The van der Waals surface area contributed by atoms with Gasteiger partial charge in [0, 0.05) is 24.2 Å². The van der Waals surface area contributed by atoms with E-state index in [4.69, 9.17) is 0 Å². The number of carbonyl (C=O) groups excluding carboxylic acids is 2. The number of nitrogens with one attached hydrogen (secondary N) is 1. The van der Waals surface area contributed by atoms with Crippen molar-refractivity contribution in [2.24, 2.45) is 0 Å². The van der Waals surface area contributed by atoms with Crippen molar-refractivity contribution in [3.8, 4) is 5.75 Å². The third-order valence-electron chi connectivity index (χ3n) is 5.10. The van der Waals surface area contributed by atoms with Gasteiger partial charge in [-0.05, 0) is 24.3 Å². The molecule has 2 aromatic carbocycles. The first-order valence-electron chi connectivity index (χ1n) is 9.34. The van der Waals surface area contributed by atoms with Crippen molar-refractivity contribution in [2.75, 3.05) is 24.6 Å². The van der Waals surface area contributed by atoms with Crippen molar-refractivity contribution in [1.82, 2.24) is 10.2 Å². The van der Waals surface area contributed by atoms with Crippen LogP contribution in [0.3, 0.4) is 0 Å². The van der Waals surface area contributed by atoms with Gasteiger partial charge in [-0.3, -0.25) is 9.59 Å². The Kier molecular flexibility index (Phi) is 5.88. The van der Waals surface area contributed by atoms with Gasteiger partial charge in [0.2, 0.25) is 5.91 Å². The van der Waals surface area contributed by atoms with Crippen LogP contribution in [0.1, 0.15) is 30.1 Å². The van der Waals surface area contributed by atoms with Crippen molar-refractivity contribution >= 4 is 32.4 Å². The summed E-state index contributed by atoms with van der Waals surface area (Å²) >= 11 is 0. The van der Waals surface area contributed by atoms with Crippen LogP contribution in [-0.2, 0) is 14.6 Å². The molecule has 1 saturated heterocycles. The Morgan fingerprint density at radius 3 is 2.71 bits per heavy atom. The summed E-state index contributed by atoms with van der Waals surface area (Å²) in [6.45, 7) is 2.00. The zero-order valence-electron chi connectivity index (χ0n) is 15.7. The van der Waals surface area contributed by atoms with Gasteiger partial charge in [0.1, 0.15) is 11.8 Å². The van der Waals surface area contributed by atoms with Crippen molar-refractivity contribution in [3.63, 3.8) is 0 Å². The van der Waals surface area contributed by atoms with Crippen LogP contribution in [0, 0.1) is 0 Å². The normalized spacial score (nSPS) is 17.0. The summed E-state index contributed by atoms with van der Waals surface area (Å²) in [5.41, 5.74) is 0.159. The summed E-state index contributed by atoms with van der Waals surface area (Å²) in [6, 6.07) is 9.89. The van der Waals surface area contributed by atoms with Gasteiger partial charge in [0.05, 0.1) is 11.3 Å². The lowest BCUT2D eigenvalue weighted by Gasteiger charge is -2.24. The van der Waals surface area contributed by atoms with E-state index in [0.717, 1.165) is 5.39 Å². The minimum Gasteiger partial charge on any atom is -0.506 e. The fourth-order valence-electron chi connectivity index (χ4n) is 3.46. The molecule has 2 aromatic rings. The van der Waals surface area contributed by atoms with Crippen molar-refractivity contribution in [3.05, 3.63) is 42.0 Å². The minimum atomic E-state index is -3.17. The topological polar surface area (TPSA) is 104 Å². The third kappa shape index (κ3) is 4.11. The molecule has 28 heavy (non-hydrogen) atoms. The number of phenols is 1. The smallest absolute Gasteiger partial charge is 0.258 e. The highest BCUT2D eigenvalue weighted by Gasteiger charge is 2.35. The second-order valence-corrected chi connectivity index (χ2v) is 9.34. The van der Waals surface area contributed by atoms with Crippen LogP contribution in [0.2, 0.25) is 0 Å². The van der Waals surface area contributed by atoms with E-state index in [1.54, 1.807) is 31.2 Å². The molecular weight excluding hydrogens is 380 g/mol. The SMILES string of the molecule is CCS(=O)(=O)CCNC(=O)C1CCCN1C(=O)c1ccc2ccccc2c1O. The summed E-state index contributed by atoms with van der Waals surface area (Å²) in [5.74, 6) is -0.956. The summed E-state index contributed by atoms with van der Waals surface area (Å²) < 4.78 is 23.1. The summed E-state index contributed by atoms with van der Waals surface area (Å²) in [6.07, 6.45) is 1.18. The van der Waals surface area contributed by atoms with E-state index in [9.17, 15) is 23.1 Å². The maximum atomic E-state index is 13.0. The van der Waals surface area contributed by atoms with Gasteiger partial charge < -0.3 is 15.3 Å². The number of sulfone groups is 1. The quantitative estimate of drug-likeness (QED) is 0.763. The number of carbonyl (C=O) groups is 2. The predicted octanol–water partition coefficient (Wildman–Crippen LogP) is 1.70. The van der Waals surface area contributed by atoms with E-state index in [1.807, 2.05) is 12.1 Å². The van der Waals surface area contributed by atoms with Crippen molar-refractivity contribution in [1.29, 1.82) is 0 Å². The molecule has 1 unspecified atom stereocenters. The highest BCUT2D eigenvalue weighted by Crippen LogP contribution is 2.31. The molecule has 2 amide bonds. The molecule has 8 heteroatoms. The zero-order chi connectivity index (χ0) is 20.3. The van der Waals surface area contributed by atoms with Crippen LogP contribution in [0.5, 0.6) is 5.75 Å². The molecule has 0 bridgehead atoms. The van der Waals surface area contributed by atoms with Crippen LogP contribution in [0.25, 0.3) is 10.8 Å². The van der Waals surface area contributed by atoms with Crippen molar-refractivity contribution in [2.45, 2.75) is 25.8 Å². The third-order valence-corrected chi connectivity index (χ3v) is 6.81. The maximum absolute atomic E-state index is 13.0. The van der Waals surface area contributed by atoms with Crippen LogP contribution >= 0.6 is 0 Å². The number of hydrogen-bond acceptors (Lipinski definition) is 5. The van der Waals surface area contributed by atoms with Crippen LogP contribution < -0.4 is 5.32 Å². The average Bonchev–Trinajstić information content (AvgIpc) is 3.18. The van der Waals surface area contributed by atoms with E-state index in [2.05, 4.69) is 5.32 Å². The number of rotatable bonds is 6. The maximum Gasteiger partial charge on any atom is 0.258 e. The first-order chi connectivity index (χ1) is 13.3. The van der Waals surface area contributed by atoms with Gasteiger partial charge in [-0.25, -0.2) is 8.42 Å². The van der Waals surface area contributed by atoms with Gasteiger partial charge in [-0.2, -0.15) is 0 Å². The molecule has 1 aliphatic heterocycles. The lowest BCUT2D eigenvalue weighted by molar-refractivity contribution is -0.124. The number of aromatic hydroxyl groups is 1. The molecule has 0 aliphatic carbocycles. The first kappa shape index (κ1) is 20.1. The van der Waals surface area contributed by atoms with Gasteiger partial charge >= 0.3 is 0 Å². The molecule has 1 atom stereocenters. The van der Waals surface area contributed by atoms with Gasteiger partial charge in [0.15, 0.2) is 9.84 Å². The van der Waals surface area contributed by atoms with Gasteiger partial charge in [0.25, 0.3) is 5.91 Å². The molecule has 2 N–H and O–H groups in total. The van der Waals surface area contributed by atoms with Gasteiger partial charge in [-0.15, -0.1) is 0 Å². The van der Waals surface area contributed by atoms with Crippen LogP contribution in [0.15, 0.2) is 36.4 Å². The van der Waals surface area contributed by atoms with Crippen molar-refractivity contribution < 1.29 is 23.1 Å². The summed E-state index contributed by atoms with van der Waals surface area (Å²) in [7, 11) is -3.17. The monoisotopic (exact) mass is 404 g/mol. The van der Waals surface area contributed by atoms with E-state index >= 15 is 0 Å². The molecule has 1 heterocycles. The fourth-order valence-corrected chi connectivity index (χ4v) is 4.16. The molecule has 0 saturated carbocycles. The highest BCUT2D eigenvalue weighted by molar-refractivity contribution is 7.91. The minimum absolute atomic E-state index is 0.0226. The number of amides is 2. The number of fused-ring (bicyclic) bond motifs is 1. The molecule has 1 fully saturated rings. The molecule has 0 radical (unpaired) electrons. The fraction of sp³-hybridized carbons (Fsp3) is 0.400. The van der Waals surface area contributed by atoms with E-state index in [1.165, 1.54) is 4.90 Å². The Labute approximate surface area is 164 Å². The van der Waals surface area contributed by atoms with E-state index < -0.39 is 21.8 Å². The lowest BCUT2D eigenvalue weighted by Crippen LogP contribution is -2.46. The molecule has 3 rings (SSSR count). The van der Waals surface area contributed by atoms with E-state index in [0.29, 0.717) is 24.8 Å². The second kappa shape index (κ2) is 8.18. The Morgan fingerprint density at radius 2 is 1.96 bits per heavy atom. The lowest BCUT2D eigenvalue weighted by atomic mass is 10.0. The largest absolute Gasteiger partial charge is 0.506 e. The Morgan fingerprint density at radius 1 is 1.21 bits per heavy atom. The molecular formula is C20H24N2O5S. The molecule has 150 valence electrons. The van der Waals surface area contributed by atoms with Gasteiger partial charge in [-0.1, -0.05) is 37.3 Å². The highest BCUT2D eigenvalue weighted by atomic mass is 32.2.